The normalized spacial score (nSPS) is 30.5. The van der Waals surface area contributed by atoms with Gasteiger partial charge in [0.05, 0.1) is 17.5 Å². The lowest BCUT2D eigenvalue weighted by atomic mass is 10.0. The standard InChI is InChI=1S/C17H31N3O3S/c1-14(17(21)18(2)16-7-12-24(22,23)13-16)19-10-5-15(6-11-19)20-8-3-4-9-20/h14-16H,3-13H2,1-2H3. The van der Waals surface area contributed by atoms with E-state index in [0.717, 1.165) is 25.9 Å². The molecule has 0 aliphatic carbocycles. The molecule has 6 nitrogen and oxygen atoms in total. The monoisotopic (exact) mass is 357 g/mol. The minimum absolute atomic E-state index is 0.0664. The third-order valence-electron chi connectivity index (χ3n) is 6.16. The summed E-state index contributed by atoms with van der Waals surface area (Å²) in [5, 5.41) is 0. The molecule has 3 aliphatic heterocycles. The first-order chi connectivity index (χ1) is 11.4. The quantitative estimate of drug-likeness (QED) is 0.737. The van der Waals surface area contributed by atoms with Crippen molar-refractivity contribution < 1.29 is 13.2 Å². The highest BCUT2D eigenvalue weighted by Crippen LogP contribution is 2.23. The third-order valence-corrected chi connectivity index (χ3v) is 7.92. The summed E-state index contributed by atoms with van der Waals surface area (Å²) in [5.41, 5.74) is 0. The number of carbonyl (C=O) groups excluding carboxylic acids is 1. The molecule has 3 saturated heterocycles. The Morgan fingerprint density at radius 2 is 1.71 bits per heavy atom. The first kappa shape index (κ1) is 18.1. The van der Waals surface area contributed by atoms with Gasteiger partial charge in [-0.2, -0.15) is 0 Å². The zero-order chi connectivity index (χ0) is 17.3. The molecule has 0 radical (unpaired) electrons. The Morgan fingerprint density at radius 1 is 1.08 bits per heavy atom. The van der Waals surface area contributed by atoms with Crippen molar-refractivity contribution in [3.63, 3.8) is 0 Å². The molecular formula is C17H31N3O3S. The van der Waals surface area contributed by atoms with Gasteiger partial charge in [-0.05, 0) is 52.1 Å². The molecule has 138 valence electrons. The van der Waals surface area contributed by atoms with Crippen LogP contribution in [0.4, 0.5) is 0 Å². The lowest BCUT2D eigenvalue weighted by Gasteiger charge is -2.40. The first-order valence-electron chi connectivity index (χ1n) is 9.32. The Bertz CT molecular complexity index is 551. The zero-order valence-electron chi connectivity index (χ0n) is 15.0. The van der Waals surface area contributed by atoms with E-state index in [0.29, 0.717) is 12.5 Å². The maximum atomic E-state index is 12.8. The van der Waals surface area contributed by atoms with Crippen molar-refractivity contribution in [3.8, 4) is 0 Å². The summed E-state index contributed by atoms with van der Waals surface area (Å²) in [5.74, 6) is 0.404. The van der Waals surface area contributed by atoms with Gasteiger partial charge in [0.25, 0.3) is 0 Å². The van der Waals surface area contributed by atoms with Crippen LogP contribution in [0.3, 0.4) is 0 Å². The number of amides is 1. The van der Waals surface area contributed by atoms with Crippen LogP contribution in [-0.2, 0) is 14.6 Å². The molecule has 0 aromatic rings. The summed E-state index contributed by atoms with van der Waals surface area (Å²) >= 11 is 0. The van der Waals surface area contributed by atoms with E-state index in [-0.39, 0.29) is 29.5 Å². The number of likely N-dealkylation sites (tertiary alicyclic amines) is 2. The Hall–Kier alpha value is -0.660. The van der Waals surface area contributed by atoms with Crippen molar-refractivity contribution in [1.29, 1.82) is 0 Å². The summed E-state index contributed by atoms with van der Waals surface area (Å²) < 4.78 is 23.3. The SMILES string of the molecule is CC(C(=O)N(C)C1CCS(=O)(=O)C1)N1CCC(N2CCCC2)CC1. The smallest absolute Gasteiger partial charge is 0.239 e. The van der Waals surface area contributed by atoms with Crippen molar-refractivity contribution >= 4 is 15.7 Å². The molecule has 7 heteroatoms. The van der Waals surface area contributed by atoms with Gasteiger partial charge in [0.2, 0.25) is 5.91 Å². The molecule has 0 aromatic heterocycles. The lowest BCUT2D eigenvalue weighted by Crippen LogP contribution is -2.53. The highest BCUT2D eigenvalue weighted by Gasteiger charge is 2.36. The van der Waals surface area contributed by atoms with Gasteiger partial charge in [-0.3, -0.25) is 9.69 Å². The van der Waals surface area contributed by atoms with E-state index in [2.05, 4.69) is 9.80 Å². The zero-order valence-corrected chi connectivity index (χ0v) is 15.8. The second-order valence-electron chi connectivity index (χ2n) is 7.69. The molecular weight excluding hydrogens is 326 g/mol. The van der Waals surface area contributed by atoms with E-state index in [1.54, 1.807) is 11.9 Å². The number of nitrogens with zero attached hydrogens (tertiary/aromatic N) is 3. The van der Waals surface area contributed by atoms with Crippen LogP contribution in [0.25, 0.3) is 0 Å². The molecule has 0 N–H and O–H groups in total. The Kier molecular flexibility index (Phi) is 5.52. The first-order valence-corrected chi connectivity index (χ1v) is 11.1. The molecule has 1 amide bonds. The molecule has 3 fully saturated rings. The van der Waals surface area contributed by atoms with Crippen LogP contribution in [-0.4, -0.2) is 91.9 Å². The van der Waals surface area contributed by atoms with Crippen molar-refractivity contribution in [2.45, 2.75) is 57.2 Å². The van der Waals surface area contributed by atoms with Crippen LogP contribution in [0, 0.1) is 0 Å². The second kappa shape index (κ2) is 7.30. The third kappa shape index (κ3) is 3.94. The predicted octanol–water partition coefficient (Wildman–Crippen LogP) is 0.581. The Morgan fingerprint density at radius 3 is 2.25 bits per heavy atom. The summed E-state index contributed by atoms with van der Waals surface area (Å²) in [7, 11) is -1.19. The minimum Gasteiger partial charge on any atom is -0.340 e. The lowest BCUT2D eigenvalue weighted by molar-refractivity contribution is -0.137. The van der Waals surface area contributed by atoms with E-state index in [9.17, 15) is 13.2 Å². The molecule has 0 spiro atoms. The fourth-order valence-corrected chi connectivity index (χ4v) is 6.23. The Balaban J connectivity index is 1.51. The largest absolute Gasteiger partial charge is 0.340 e. The Labute approximate surface area is 146 Å². The van der Waals surface area contributed by atoms with Crippen molar-refractivity contribution in [3.05, 3.63) is 0 Å². The van der Waals surface area contributed by atoms with E-state index in [1.165, 1.54) is 25.9 Å². The summed E-state index contributed by atoms with van der Waals surface area (Å²) in [6.45, 7) is 6.37. The molecule has 0 saturated carbocycles. The highest BCUT2D eigenvalue weighted by molar-refractivity contribution is 7.91. The molecule has 2 atom stereocenters. The average molecular weight is 358 g/mol. The molecule has 3 rings (SSSR count). The number of hydrogen-bond acceptors (Lipinski definition) is 5. The van der Waals surface area contributed by atoms with Gasteiger partial charge in [-0.15, -0.1) is 0 Å². The van der Waals surface area contributed by atoms with Crippen LogP contribution in [0.5, 0.6) is 0 Å². The van der Waals surface area contributed by atoms with Gasteiger partial charge < -0.3 is 9.80 Å². The molecule has 2 unspecified atom stereocenters. The number of hydrogen-bond donors (Lipinski definition) is 0. The van der Waals surface area contributed by atoms with E-state index in [1.807, 2.05) is 6.92 Å². The van der Waals surface area contributed by atoms with Gasteiger partial charge in [0.1, 0.15) is 0 Å². The maximum absolute atomic E-state index is 12.8. The number of likely N-dealkylation sites (N-methyl/N-ethyl adjacent to an activating group) is 1. The summed E-state index contributed by atoms with van der Waals surface area (Å²) in [4.78, 5) is 19.3. The van der Waals surface area contributed by atoms with Gasteiger partial charge in [-0.25, -0.2) is 8.42 Å². The minimum atomic E-state index is -2.95. The summed E-state index contributed by atoms with van der Waals surface area (Å²) in [6.07, 6.45) is 5.50. The van der Waals surface area contributed by atoms with Crippen LogP contribution >= 0.6 is 0 Å². The number of sulfone groups is 1. The molecule has 0 bridgehead atoms. The van der Waals surface area contributed by atoms with Crippen molar-refractivity contribution in [1.82, 2.24) is 14.7 Å². The molecule has 3 aliphatic rings. The van der Waals surface area contributed by atoms with Crippen LogP contribution in [0.2, 0.25) is 0 Å². The fraction of sp³-hybridized carbons (Fsp3) is 0.941. The average Bonchev–Trinajstić information content (AvgIpc) is 3.22. The van der Waals surface area contributed by atoms with Crippen LogP contribution < -0.4 is 0 Å². The fourth-order valence-electron chi connectivity index (χ4n) is 4.46. The summed E-state index contributed by atoms with van der Waals surface area (Å²) in [6, 6.07) is 0.383. The van der Waals surface area contributed by atoms with Crippen LogP contribution in [0.15, 0.2) is 0 Å². The topological polar surface area (TPSA) is 60.9 Å². The predicted molar refractivity (Wildman–Crippen MR) is 94.7 cm³/mol. The van der Waals surface area contributed by atoms with Gasteiger partial charge in [-0.1, -0.05) is 0 Å². The van der Waals surface area contributed by atoms with Crippen molar-refractivity contribution in [2.24, 2.45) is 0 Å². The van der Waals surface area contributed by atoms with Gasteiger partial charge >= 0.3 is 0 Å². The van der Waals surface area contributed by atoms with E-state index >= 15 is 0 Å². The second-order valence-corrected chi connectivity index (χ2v) is 9.92. The number of piperidine rings is 1. The molecule has 24 heavy (non-hydrogen) atoms. The van der Waals surface area contributed by atoms with E-state index in [4.69, 9.17) is 0 Å². The van der Waals surface area contributed by atoms with Crippen molar-refractivity contribution in [2.75, 3.05) is 44.7 Å². The van der Waals surface area contributed by atoms with Crippen LogP contribution in [0.1, 0.15) is 39.0 Å². The van der Waals surface area contributed by atoms with Gasteiger partial charge in [0, 0.05) is 32.2 Å². The number of carbonyl (C=O) groups is 1. The highest BCUT2D eigenvalue weighted by atomic mass is 32.2. The maximum Gasteiger partial charge on any atom is 0.239 e. The van der Waals surface area contributed by atoms with E-state index < -0.39 is 9.84 Å². The molecule has 0 aromatic carbocycles. The van der Waals surface area contributed by atoms with Gasteiger partial charge in [0.15, 0.2) is 9.84 Å². The number of rotatable bonds is 4. The molecule has 3 heterocycles.